The van der Waals surface area contributed by atoms with Gasteiger partial charge in [-0.2, -0.15) is 5.10 Å². The van der Waals surface area contributed by atoms with Gasteiger partial charge in [0.25, 0.3) is 0 Å². The number of benzene rings is 2. The Labute approximate surface area is 112 Å². The first-order valence-corrected chi connectivity index (χ1v) is 6.55. The van der Waals surface area contributed by atoms with Gasteiger partial charge in [-0.05, 0) is 35.4 Å². The third kappa shape index (κ3) is 2.13. The van der Waals surface area contributed by atoms with Crippen LogP contribution < -0.4 is 5.73 Å². The van der Waals surface area contributed by atoms with Crippen molar-refractivity contribution in [2.75, 3.05) is 0 Å². The Morgan fingerprint density at radius 3 is 2.68 bits per heavy atom. The fourth-order valence-electron chi connectivity index (χ4n) is 2.44. The summed E-state index contributed by atoms with van der Waals surface area (Å²) in [6.45, 7) is 2.91. The Hall–Kier alpha value is -2.13. The standard InChI is InChI=1S/C16H17N3/c1-2-19-15(9-10-18-19)16(17)14-8-7-12-5-3-4-6-13(12)11-14/h3-11,16H,2,17H2,1H3. The Morgan fingerprint density at radius 2 is 1.89 bits per heavy atom. The van der Waals surface area contributed by atoms with Crippen molar-refractivity contribution in [2.24, 2.45) is 5.73 Å². The summed E-state index contributed by atoms with van der Waals surface area (Å²) < 4.78 is 1.94. The van der Waals surface area contributed by atoms with Crippen molar-refractivity contribution >= 4 is 10.8 Å². The van der Waals surface area contributed by atoms with Gasteiger partial charge in [0, 0.05) is 12.7 Å². The van der Waals surface area contributed by atoms with Gasteiger partial charge in [-0.1, -0.05) is 36.4 Å². The summed E-state index contributed by atoms with van der Waals surface area (Å²) >= 11 is 0. The van der Waals surface area contributed by atoms with Crippen molar-refractivity contribution in [1.29, 1.82) is 0 Å². The highest BCUT2D eigenvalue weighted by atomic mass is 15.3. The van der Waals surface area contributed by atoms with E-state index in [1.807, 2.05) is 22.9 Å². The lowest BCUT2D eigenvalue weighted by molar-refractivity contribution is 0.601. The minimum atomic E-state index is -0.132. The van der Waals surface area contributed by atoms with Crippen LogP contribution in [0.5, 0.6) is 0 Å². The molecule has 96 valence electrons. The molecule has 19 heavy (non-hydrogen) atoms. The molecule has 3 nitrogen and oxygen atoms in total. The molecule has 2 aromatic carbocycles. The molecule has 0 amide bonds. The van der Waals surface area contributed by atoms with Gasteiger partial charge in [0.2, 0.25) is 0 Å². The monoisotopic (exact) mass is 251 g/mol. The molecule has 0 spiro atoms. The Balaban J connectivity index is 2.04. The van der Waals surface area contributed by atoms with Crippen LogP contribution in [0.25, 0.3) is 10.8 Å². The van der Waals surface area contributed by atoms with Crippen LogP contribution in [0.1, 0.15) is 24.2 Å². The van der Waals surface area contributed by atoms with E-state index in [1.54, 1.807) is 6.20 Å². The van der Waals surface area contributed by atoms with Crippen LogP contribution in [-0.4, -0.2) is 9.78 Å². The van der Waals surface area contributed by atoms with E-state index in [0.29, 0.717) is 0 Å². The third-order valence-corrected chi connectivity index (χ3v) is 3.50. The highest BCUT2D eigenvalue weighted by Gasteiger charge is 2.13. The molecule has 0 aliphatic heterocycles. The number of aromatic nitrogens is 2. The largest absolute Gasteiger partial charge is 0.319 e. The molecule has 3 heteroatoms. The molecular formula is C16H17N3. The summed E-state index contributed by atoms with van der Waals surface area (Å²) in [6.07, 6.45) is 1.81. The summed E-state index contributed by atoms with van der Waals surface area (Å²) in [5, 5.41) is 6.74. The number of aryl methyl sites for hydroxylation is 1. The first kappa shape index (κ1) is 11.9. The Kier molecular flexibility index (Phi) is 3.05. The first-order valence-electron chi connectivity index (χ1n) is 6.55. The zero-order chi connectivity index (χ0) is 13.2. The predicted molar refractivity (Wildman–Crippen MR) is 77.9 cm³/mol. The molecule has 1 atom stereocenters. The number of hydrogen-bond donors (Lipinski definition) is 1. The van der Waals surface area contributed by atoms with Gasteiger partial charge in [0.15, 0.2) is 0 Å². The molecule has 2 N–H and O–H groups in total. The van der Waals surface area contributed by atoms with Crippen LogP contribution in [0.3, 0.4) is 0 Å². The lowest BCUT2D eigenvalue weighted by atomic mass is 10.0. The van der Waals surface area contributed by atoms with Crippen LogP contribution in [0, 0.1) is 0 Å². The van der Waals surface area contributed by atoms with E-state index >= 15 is 0 Å². The lowest BCUT2D eigenvalue weighted by Gasteiger charge is -2.14. The van der Waals surface area contributed by atoms with E-state index in [-0.39, 0.29) is 6.04 Å². The highest BCUT2D eigenvalue weighted by molar-refractivity contribution is 5.83. The average Bonchev–Trinajstić information content (AvgIpc) is 2.94. The van der Waals surface area contributed by atoms with Gasteiger partial charge in [-0.3, -0.25) is 4.68 Å². The summed E-state index contributed by atoms with van der Waals surface area (Å²) in [5.41, 5.74) is 8.54. The second kappa shape index (κ2) is 4.86. The number of fused-ring (bicyclic) bond motifs is 1. The average molecular weight is 251 g/mol. The normalized spacial score (nSPS) is 12.7. The Morgan fingerprint density at radius 1 is 1.11 bits per heavy atom. The van der Waals surface area contributed by atoms with Gasteiger partial charge in [0.05, 0.1) is 11.7 Å². The molecule has 3 rings (SSSR count). The number of nitrogens with zero attached hydrogens (tertiary/aromatic N) is 2. The molecule has 1 unspecified atom stereocenters. The van der Waals surface area contributed by atoms with Gasteiger partial charge >= 0.3 is 0 Å². The minimum Gasteiger partial charge on any atom is -0.319 e. The van der Waals surface area contributed by atoms with Gasteiger partial charge in [-0.25, -0.2) is 0 Å². The second-order valence-corrected chi connectivity index (χ2v) is 4.66. The van der Waals surface area contributed by atoms with Crippen LogP contribution in [0.15, 0.2) is 54.7 Å². The molecular weight excluding hydrogens is 234 g/mol. The topological polar surface area (TPSA) is 43.8 Å². The molecule has 0 aliphatic rings. The second-order valence-electron chi connectivity index (χ2n) is 4.66. The van der Waals surface area contributed by atoms with E-state index in [0.717, 1.165) is 17.8 Å². The van der Waals surface area contributed by atoms with Crippen LogP contribution in [0.2, 0.25) is 0 Å². The number of rotatable bonds is 3. The summed E-state index contributed by atoms with van der Waals surface area (Å²) in [4.78, 5) is 0. The smallest absolute Gasteiger partial charge is 0.0723 e. The zero-order valence-electron chi connectivity index (χ0n) is 11.0. The molecule has 3 aromatic rings. The van der Waals surface area contributed by atoms with E-state index in [4.69, 9.17) is 5.73 Å². The van der Waals surface area contributed by atoms with Crippen molar-refractivity contribution in [3.8, 4) is 0 Å². The van der Waals surface area contributed by atoms with Crippen molar-refractivity contribution in [3.05, 3.63) is 66.0 Å². The predicted octanol–water partition coefficient (Wildman–Crippen LogP) is 3.10. The third-order valence-electron chi connectivity index (χ3n) is 3.50. The minimum absolute atomic E-state index is 0.132. The van der Waals surface area contributed by atoms with Gasteiger partial charge < -0.3 is 5.73 Å². The maximum atomic E-state index is 6.37. The number of nitrogens with two attached hydrogens (primary N) is 1. The van der Waals surface area contributed by atoms with Crippen LogP contribution in [0.4, 0.5) is 0 Å². The van der Waals surface area contributed by atoms with E-state index in [2.05, 4.69) is 42.4 Å². The van der Waals surface area contributed by atoms with Crippen molar-refractivity contribution in [2.45, 2.75) is 19.5 Å². The summed E-state index contributed by atoms with van der Waals surface area (Å²) in [6, 6.07) is 16.6. The van der Waals surface area contributed by atoms with E-state index in [1.165, 1.54) is 10.8 Å². The quantitative estimate of drug-likeness (QED) is 0.777. The highest BCUT2D eigenvalue weighted by Crippen LogP contribution is 2.23. The van der Waals surface area contributed by atoms with Crippen molar-refractivity contribution < 1.29 is 0 Å². The van der Waals surface area contributed by atoms with Crippen molar-refractivity contribution in [3.63, 3.8) is 0 Å². The fraction of sp³-hybridized carbons (Fsp3) is 0.188. The molecule has 1 aromatic heterocycles. The van der Waals surface area contributed by atoms with Gasteiger partial charge in [0.1, 0.15) is 0 Å². The maximum absolute atomic E-state index is 6.37. The molecule has 0 aliphatic carbocycles. The molecule has 1 heterocycles. The molecule has 0 saturated carbocycles. The lowest BCUT2D eigenvalue weighted by Crippen LogP contribution is -2.17. The Bertz CT molecular complexity index is 700. The SMILES string of the molecule is CCn1nccc1C(N)c1ccc2ccccc2c1. The molecule has 0 radical (unpaired) electrons. The zero-order valence-corrected chi connectivity index (χ0v) is 11.0. The molecule has 0 bridgehead atoms. The molecule has 0 fully saturated rings. The summed E-state index contributed by atoms with van der Waals surface area (Å²) in [7, 11) is 0. The first-order chi connectivity index (χ1) is 9.29. The fourth-order valence-corrected chi connectivity index (χ4v) is 2.44. The van der Waals surface area contributed by atoms with Crippen molar-refractivity contribution in [1.82, 2.24) is 9.78 Å². The maximum Gasteiger partial charge on any atom is 0.0723 e. The number of hydrogen-bond acceptors (Lipinski definition) is 2. The van der Waals surface area contributed by atoms with E-state index in [9.17, 15) is 0 Å². The van der Waals surface area contributed by atoms with Crippen LogP contribution >= 0.6 is 0 Å². The van der Waals surface area contributed by atoms with E-state index < -0.39 is 0 Å². The molecule has 0 saturated heterocycles. The van der Waals surface area contributed by atoms with Crippen LogP contribution in [-0.2, 0) is 6.54 Å². The van der Waals surface area contributed by atoms with Gasteiger partial charge in [-0.15, -0.1) is 0 Å². The summed E-state index contributed by atoms with van der Waals surface area (Å²) in [5.74, 6) is 0.